The highest BCUT2D eigenvalue weighted by Crippen LogP contribution is 2.22. The molecule has 1 aromatic rings. The van der Waals surface area contributed by atoms with Crippen molar-refractivity contribution in [2.75, 3.05) is 32.8 Å². The average Bonchev–Trinajstić information content (AvgIpc) is 2.71. The van der Waals surface area contributed by atoms with Crippen LogP contribution < -0.4 is 0 Å². The Kier molecular flexibility index (Phi) is 6.95. The van der Waals surface area contributed by atoms with E-state index < -0.39 is 16.0 Å². The molecule has 0 aromatic heterocycles. The van der Waals surface area contributed by atoms with E-state index >= 15 is 0 Å². The molecule has 8 heteroatoms. The molecular formula is C21H30N2O5S. The quantitative estimate of drug-likeness (QED) is 0.681. The van der Waals surface area contributed by atoms with Gasteiger partial charge in [0.25, 0.3) is 5.91 Å². The summed E-state index contributed by atoms with van der Waals surface area (Å²) >= 11 is 0. The summed E-state index contributed by atoms with van der Waals surface area (Å²) in [5.74, 6) is 0.0556. The molecule has 2 heterocycles. The third-order valence-electron chi connectivity index (χ3n) is 5.59. The monoisotopic (exact) mass is 422 g/mol. The number of piperidine rings is 2. The smallest absolute Gasteiger partial charge is 0.338 e. The second-order valence-electron chi connectivity index (χ2n) is 8.31. The molecule has 160 valence electrons. The number of hydrogen-bond acceptors (Lipinski definition) is 5. The van der Waals surface area contributed by atoms with Gasteiger partial charge in [0.15, 0.2) is 6.61 Å². The molecule has 2 atom stereocenters. The Morgan fingerprint density at radius 1 is 1.00 bits per heavy atom. The molecule has 3 rings (SSSR count). The van der Waals surface area contributed by atoms with E-state index in [4.69, 9.17) is 4.74 Å². The van der Waals surface area contributed by atoms with Crippen LogP contribution in [0.25, 0.3) is 0 Å². The highest BCUT2D eigenvalue weighted by molar-refractivity contribution is 7.89. The van der Waals surface area contributed by atoms with Crippen LogP contribution in [0, 0.1) is 11.8 Å². The number of carbonyl (C=O) groups excluding carboxylic acids is 2. The molecule has 29 heavy (non-hydrogen) atoms. The molecule has 1 aromatic carbocycles. The minimum Gasteiger partial charge on any atom is -0.452 e. The van der Waals surface area contributed by atoms with Crippen molar-refractivity contribution in [3.8, 4) is 0 Å². The van der Waals surface area contributed by atoms with Gasteiger partial charge in [-0.3, -0.25) is 4.79 Å². The van der Waals surface area contributed by atoms with Gasteiger partial charge < -0.3 is 9.64 Å². The van der Waals surface area contributed by atoms with Crippen molar-refractivity contribution in [3.05, 3.63) is 29.8 Å². The first-order chi connectivity index (χ1) is 13.8. The number of ether oxygens (including phenoxy) is 1. The molecule has 0 saturated carbocycles. The first-order valence-corrected chi connectivity index (χ1v) is 11.8. The van der Waals surface area contributed by atoms with Gasteiger partial charge in [-0.25, -0.2) is 13.2 Å². The maximum absolute atomic E-state index is 12.7. The van der Waals surface area contributed by atoms with Gasteiger partial charge in [0.05, 0.1) is 10.5 Å². The lowest BCUT2D eigenvalue weighted by molar-refractivity contribution is -0.137. The fourth-order valence-corrected chi connectivity index (χ4v) is 5.70. The number of rotatable bonds is 5. The second kappa shape index (κ2) is 9.26. The van der Waals surface area contributed by atoms with Crippen molar-refractivity contribution >= 4 is 21.9 Å². The zero-order chi connectivity index (χ0) is 21.0. The maximum atomic E-state index is 12.7. The normalized spacial score (nSPS) is 23.6. The minimum absolute atomic E-state index is 0.170. The van der Waals surface area contributed by atoms with Crippen molar-refractivity contribution in [1.82, 2.24) is 9.21 Å². The molecule has 2 unspecified atom stereocenters. The van der Waals surface area contributed by atoms with Gasteiger partial charge in [-0.15, -0.1) is 0 Å². The summed E-state index contributed by atoms with van der Waals surface area (Å²) in [4.78, 5) is 26.5. The molecule has 0 bridgehead atoms. The van der Waals surface area contributed by atoms with Gasteiger partial charge in [-0.05, 0) is 55.4 Å². The van der Waals surface area contributed by atoms with Crippen LogP contribution in [0.1, 0.15) is 49.9 Å². The zero-order valence-electron chi connectivity index (χ0n) is 17.2. The number of nitrogens with zero attached hydrogens (tertiary/aromatic N) is 2. The van der Waals surface area contributed by atoms with Gasteiger partial charge in [0.2, 0.25) is 10.0 Å². The Labute approximate surface area is 173 Å². The van der Waals surface area contributed by atoms with Crippen LogP contribution in [-0.2, 0) is 19.6 Å². The van der Waals surface area contributed by atoms with E-state index in [-0.39, 0.29) is 23.0 Å². The summed E-state index contributed by atoms with van der Waals surface area (Å²) in [6.07, 6.45) is 3.87. The van der Waals surface area contributed by atoms with Gasteiger partial charge in [0.1, 0.15) is 0 Å². The summed E-state index contributed by atoms with van der Waals surface area (Å²) in [5, 5.41) is 0. The van der Waals surface area contributed by atoms with E-state index in [1.54, 1.807) is 4.90 Å². The Hall–Kier alpha value is -1.93. The van der Waals surface area contributed by atoms with Gasteiger partial charge in [-0.1, -0.05) is 20.3 Å². The molecular weight excluding hydrogens is 392 g/mol. The molecule has 0 radical (unpaired) electrons. The summed E-state index contributed by atoms with van der Waals surface area (Å²) in [6.45, 7) is 6.35. The first-order valence-electron chi connectivity index (χ1n) is 10.3. The van der Waals surface area contributed by atoms with Crippen molar-refractivity contribution in [3.63, 3.8) is 0 Å². The van der Waals surface area contributed by atoms with Gasteiger partial charge >= 0.3 is 5.97 Å². The number of hydrogen-bond donors (Lipinski definition) is 0. The van der Waals surface area contributed by atoms with Crippen LogP contribution in [0.15, 0.2) is 29.2 Å². The van der Waals surface area contributed by atoms with E-state index in [0.29, 0.717) is 38.0 Å². The van der Waals surface area contributed by atoms with Crippen molar-refractivity contribution < 1.29 is 22.7 Å². The highest BCUT2D eigenvalue weighted by atomic mass is 32.2. The van der Waals surface area contributed by atoms with Crippen LogP contribution in [0.5, 0.6) is 0 Å². The number of likely N-dealkylation sites (tertiary alicyclic amines) is 1. The van der Waals surface area contributed by atoms with Gasteiger partial charge in [0, 0.05) is 26.2 Å². The van der Waals surface area contributed by atoms with Crippen molar-refractivity contribution in [1.29, 1.82) is 0 Å². The molecule has 7 nitrogen and oxygen atoms in total. The zero-order valence-corrected chi connectivity index (χ0v) is 18.0. The number of sulfonamides is 1. The Balaban J connectivity index is 1.57. The predicted molar refractivity (Wildman–Crippen MR) is 109 cm³/mol. The molecule has 0 aliphatic carbocycles. The molecule has 2 saturated heterocycles. The minimum atomic E-state index is -3.53. The summed E-state index contributed by atoms with van der Waals surface area (Å²) in [7, 11) is -3.53. The number of amides is 1. The molecule has 0 spiro atoms. The van der Waals surface area contributed by atoms with Crippen molar-refractivity contribution in [2.45, 2.75) is 44.4 Å². The first kappa shape index (κ1) is 21.8. The van der Waals surface area contributed by atoms with E-state index in [9.17, 15) is 18.0 Å². The standard InChI is InChI=1S/C21H30N2O5S/c1-16-12-17(2)14-22(13-16)20(24)15-28-21(25)18-6-8-19(9-7-18)29(26,27)23-10-4-3-5-11-23/h6-9,16-17H,3-5,10-15H2,1-2H3. The van der Waals surface area contributed by atoms with Crippen LogP contribution in [0.2, 0.25) is 0 Å². The topological polar surface area (TPSA) is 84.0 Å². The van der Waals surface area contributed by atoms with Gasteiger partial charge in [-0.2, -0.15) is 4.31 Å². The molecule has 2 fully saturated rings. The van der Waals surface area contributed by atoms with E-state index in [0.717, 1.165) is 25.7 Å². The lowest BCUT2D eigenvalue weighted by atomic mass is 9.92. The van der Waals surface area contributed by atoms with Crippen LogP contribution in [0.3, 0.4) is 0 Å². The Morgan fingerprint density at radius 3 is 2.17 bits per heavy atom. The molecule has 2 aliphatic heterocycles. The summed E-state index contributed by atoms with van der Waals surface area (Å²) < 4.78 is 32.0. The summed E-state index contributed by atoms with van der Waals surface area (Å²) in [5.41, 5.74) is 0.232. The van der Waals surface area contributed by atoms with Crippen molar-refractivity contribution in [2.24, 2.45) is 11.8 Å². The fraction of sp³-hybridized carbons (Fsp3) is 0.619. The van der Waals surface area contributed by atoms with Crippen LogP contribution in [-0.4, -0.2) is 62.3 Å². The molecule has 0 N–H and O–H groups in total. The Bertz CT molecular complexity index is 821. The van der Waals surface area contributed by atoms with Crippen LogP contribution in [0.4, 0.5) is 0 Å². The predicted octanol–water partition coefficient (Wildman–Crippen LogP) is 2.52. The lowest BCUT2D eigenvalue weighted by Gasteiger charge is -2.34. The SMILES string of the molecule is CC1CC(C)CN(C(=O)COC(=O)c2ccc(S(=O)(=O)N3CCCCC3)cc2)C1. The molecule has 2 aliphatic rings. The van der Waals surface area contributed by atoms with E-state index in [1.807, 2.05) is 0 Å². The number of esters is 1. The average molecular weight is 423 g/mol. The summed E-state index contributed by atoms with van der Waals surface area (Å²) in [6, 6.07) is 5.73. The third kappa shape index (κ3) is 5.36. The number of benzene rings is 1. The second-order valence-corrected chi connectivity index (χ2v) is 10.2. The van der Waals surface area contributed by atoms with Crippen LogP contribution >= 0.6 is 0 Å². The lowest BCUT2D eigenvalue weighted by Crippen LogP contribution is -2.44. The largest absolute Gasteiger partial charge is 0.452 e. The fourth-order valence-electron chi connectivity index (χ4n) is 4.19. The van der Waals surface area contributed by atoms with E-state index in [1.165, 1.54) is 28.6 Å². The Morgan fingerprint density at radius 2 is 1.59 bits per heavy atom. The maximum Gasteiger partial charge on any atom is 0.338 e. The van der Waals surface area contributed by atoms with E-state index in [2.05, 4.69) is 13.8 Å². The third-order valence-corrected chi connectivity index (χ3v) is 7.50. The number of carbonyl (C=O) groups is 2. The highest BCUT2D eigenvalue weighted by Gasteiger charge is 2.27. The molecule has 1 amide bonds.